The van der Waals surface area contributed by atoms with Crippen LogP contribution in [0.3, 0.4) is 0 Å². The van der Waals surface area contributed by atoms with Gasteiger partial charge in [0.05, 0.1) is 35.4 Å². The molecule has 46 heavy (non-hydrogen) atoms. The Kier molecular flexibility index (Phi) is 14.2. The summed E-state index contributed by atoms with van der Waals surface area (Å²) < 4.78 is 24.2. The number of ether oxygens (including phenoxy) is 2. The molecule has 0 saturated carbocycles. The van der Waals surface area contributed by atoms with E-state index in [1.54, 1.807) is 27.4 Å². The van der Waals surface area contributed by atoms with Crippen molar-refractivity contribution in [1.82, 2.24) is 0 Å². The zero-order valence-corrected chi connectivity index (χ0v) is 29.3. The Balaban J connectivity index is 1.80. The van der Waals surface area contributed by atoms with Gasteiger partial charge in [-0.05, 0) is 76.1 Å². The Morgan fingerprint density at radius 1 is 1.17 bits per heavy atom. The molecule has 0 bridgehead atoms. The van der Waals surface area contributed by atoms with Crippen molar-refractivity contribution in [1.29, 1.82) is 0 Å². The predicted molar refractivity (Wildman–Crippen MR) is 195 cm³/mol. The molecule has 1 aliphatic rings. The summed E-state index contributed by atoms with van der Waals surface area (Å²) in [5, 5.41) is 10.4. The van der Waals surface area contributed by atoms with Crippen molar-refractivity contribution in [2.45, 2.75) is 39.5 Å². The average Bonchev–Trinajstić information content (AvgIpc) is 3.50. The lowest BCUT2D eigenvalue weighted by Gasteiger charge is -2.24. The highest BCUT2D eigenvalue weighted by Crippen LogP contribution is 2.40. The molecule has 1 aliphatic heterocycles. The van der Waals surface area contributed by atoms with Crippen molar-refractivity contribution in [2.75, 3.05) is 67.6 Å². The van der Waals surface area contributed by atoms with Crippen LogP contribution in [-0.2, 0) is 14.1 Å². The molecule has 11 heteroatoms. The van der Waals surface area contributed by atoms with Gasteiger partial charge in [-0.3, -0.25) is 4.79 Å². The van der Waals surface area contributed by atoms with Crippen LogP contribution in [0, 0.1) is 5.92 Å². The molecule has 2 aromatic rings. The molecule has 3 N–H and O–H groups in total. The van der Waals surface area contributed by atoms with E-state index in [-0.39, 0.29) is 10.9 Å². The normalized spacial score (nSPS) is 15.3. The number of carbonyl (C=O) groups is 1. The minimum Gasteiger partial charge on any atom is -0.494 e. The third-order valence-corrected chi connectivity index (χ3v) is 9.32. The molecule has 1 amide bonds. The molecule has 1 heterocycles. The van der Waals surface area contributed by atoms with Crippen LogP contribution in [0.25, 0.3) is 0 Å². The van der Waals surface area contributed by atoms with Gasteiger partial charge in [0.2, 0.25) is 5.91 Å². The second-order valence-corrected chi connectivity index (χ2v) is 15.1. The number of aliphatic imine (C=N–C) groups is 1. The van der Waals surface area contributed by atoms with Crippen molar-refractivity contribution in [3.8, 4) is 5.75 Å². The molecule has 1 fully saturated rings. The lowest BCUT2D eigenvalue weighted by atomic mass is 10.0. The first-order valence-corrected chi connectivity index (χ1v) is 18.5. The van der Waals surface area contributed by atoms with Crippen LogP contribution < -0.4 is 30.9 Å². The highest BCUT2D eigenvalue weighted by Gasteiger charge is 2.26. The molecule has 3 rings (SSSR count). The number of amides is 1. The number of para-hydroxylation sites is 1. The van der Waals surface area contributed by atoms with Gasteiger partial charge in [-0.1, -0.05) is 43.8 Å². The zero-order chi connectivity index (χ0) is 33.7. The second kappa shape index (κ2) is 17.8. The summed E-state index contributed by atoms with van der Waals surface area (Å²) in [7, 11) is -0.937. The van der Waals surface area contributed by atoms with Gasteiger partial charge >= 0.3 is 0 Å². The number of allylic oxidation sites excluding steroid dienone is 1. The smallest absolute Gasteiger partial charge is 0.247 e. The fraction of sp³-hybridized carbons (Fsp3) is 0.400. The van der Waals surface area contributed by atoms with Gasteiger partial charge in [-0.2, -0.15) is 0 Å². The SMILES string of the molecule is C=C=C(Nc1ccccc1P(C)(C)=O)/C(Cl)=C\N=C(C)Nc1cc(NC(=O)C=C)c(N2CCC(CCCOCCC)C2)cc1OC. The van der Waals surface area contributed by atoms with Crippen LogP contribution in [-0.4, -0.2) is 58.5 Å². The highest BCUT2D eigenvalue weighted by molar-refractivity contribution is 7.70. The number of benzene rings is 2. The van der Waals surface area contributed by atoms with Gasteiger partial charge in [0.1, 0.15) is 24.4 Å². The van der Waals surface area contributed by atoms with Gasteiger partial charge in [0.15, 0.2) is 0 Å². The number of anilines is 4. The van der Waals surface area contributed by atoms with E-state index in [0.29, 0.717) is 45.6 Å². The molecule has 0 aliphatic carbocycles. The third kappa shape index (κ3) is 10.7. The van der Waals surface area contributed by atoms with Crippen LogP contribution >= 0.6 is 18.7 Å². The van der Waals surface area contributed by atoms with Crippen molar-refractivity contribution in [3.63, 3.8) is 0 Å². The molecule has 2 aromatic carbocycles. The molecule has 0 radical (unpaired) electrons. The number of nitrogens with zero attached hydrogens (tertiary/aromatic N) is 2. The minimum absolute atomic E-state index is 0.259. The largest absolute Gasteiger partial charge is 0.494 e. The summed E-state index contributed by atoms with van der Waals surface area (Å²) in [6.07, 6.45) is 6.96. The van der Waals surface area contributed by atoms with E-state index in [9.17, 15) is 9.36 Å². The number of rotatable bonds is 16. The molecule has 0 spiro atoms. The van der Waals surface area contributed by atoms with Gasteiger partial charge in [-0.15, -0.1) is 5.73 Å². The van der Waals surface area contributed by atoms with Crippen LogP contribution in [0.4, 0.5) is 22.7 Å². The van der Waals surface area contributed by atoms with E-state index in [1.807, 2.05) is 36.4 Å². The van der Waals surface area contributed by atoms with Crippen molar-refractivity contribution in [2.24, 2.45) is 10.9 Å². The molecule has 1 atom stereocenters. The number of hydrogen-bond donors (Lipinski definition) is 3. The number of nitrogens with one attached hydrogen (secondary N) is 3. The topological polar surface area (TPSA) is 104 Å². The minimum atomic E-state index is -2.54. The Morgan fingerprint density at radius 3 is 2.61 bits per heavy atom. The van der Waals surface area contributed by atoms with Gasteiger partial charge in [0.25, 0.3) is 0 Å². The molecular weight excluding hydrogens is 621 g/mol. The van der Waals surface area contributed by atoms with E-state index in [2.05, 4.69) is 51.7 Å². The lowest BCUT2D eigenvalue weighted by molar-refractivity contribution is -0.111. The number of hydrogen-bond acceptors (Lipinski definition) is 7. The van der Waals surface area contributed by atoms with Crippen LogP contribution in [0.5, 0.6) is 5.75 Å². The number of carbonyl (C=O) groups excluding carboxylic acids is 1. The first kappa shape index (κ1) is 36.7. The molecule has 1 saturated heterocycles. The van der Waals surface area contributed by atoms with E-state index in [1.165, 1.54) is 12.3 Å². The van der Waals surface area contributed by atoms with E-state index >= 15 is 0 Å². The molecule has 248 valence electrons. The van der Waals surface area contributed by atoms with Gasteiger partial charge in [0, 0.05) is 43.4 Å². The number of methoxy groups -OCH3 is 1. The summed E-state index contributed by atoms with van der Waals surface area (Å²) in [4.78, 5) is 19.2. The number of halogens is 1. The Labute approximate surface area is 278 Å². The zero-order valence-electron chi connectivity index (χ0n) is 27.6. The monoisotopic (exact) mass is 667 g/mol. The first-order chi connectivity index (χ1) is 22.0. The van der Waals surface area contributed by atoms with Crippen LogP contribution in [0.15, 0.2) is 83.3 Å². The Hall–Kier alpha value is -3.74. The molecule has 1 unspecified atom stereocenters. The van der Waals surface area contributed by atoms with E-state index < -0.39 is 7.14 Å². The summed E-state index contributed by atoms with van der Waals surface area (Å²) in [5.74, 6) is 1.36. The van der Waals surface area contributed by atoms with E-state index in [0.717, 1.165) is 57.7 Å². The Bertz CT molecular complexity index is 1540. The maximum Gasteiger partial charge on any atom is 0.247 e. The maximum atomic E-state index is 12.8. The van der Waals surface area contributed by atoms with Crippen molar-refractivity contribution >= 4 is 58.5 Å². The third-order valence-electron chi connectivity index (χ3n) is 7.48. The molecular formula is C35H47ClN5O4P. The second-order valence-electron chi connectivity index (χ2n) is 11.5. The quantitative estimate of drug-likeness (QED) is 0.0319. The molecule has 0 aromatic heterocycles. The van der Waals surface area contributed by atoms with Crippen LogP contribution in [0.2, 0.25) is 0 Å². The average molecular weight is 668 g/mol. The lowest BCUT2D eigenvalue weighted by Crippen LogP contribution is -2.22. The fourth-order valence-electron chi connectivity index (χ4n) is 5.21. The Morgan fingerprint density at radius 2 is 1.93 bits per heavy atom. The highest BCUT2D eigenvalue weighted by atomic mass is 35.5. The predicted octanol–water partition coefficient (Wildman–Crippen LogP) is 7.79. The summed E-state index contributed by atoms with van der Waals surface area (Å²) in [6.45, 7) is 18.0. The maximum absolute atomic E-state index is 12.8. The van der Waals surface area contributed by atoms with Gasteiger partial charge < -0.3 is 34.9 Å². The van der Waals surface area contributed by atoms with Gasteiger partial charge in [-0.25, -0.2) is 4.99 Å². The molecule has 9 nitrogen and oxygen atoms in total. The van der Waals surface area contributed by atoms with Crippen LogP contribution in [0.1, 0.15) is 39.5 Å². The standard InChI is InChI=1S/C35H47ClN5O4P/c1-8-19-45-20-13-14-26-17-18-41(24-26)32-22-33(44-5)31(21-30(32)40-35(42)10-3)38-25(4)37-23-27(36)28(9-2)39-29-15-11-12-16-34(29)46(6,7)43/h10-12,15-16,21-23,26,39H,2-3,8,13-14,17-20,24H2,1,4-7H3,(H,37,38)(H,40,42)/b27-23+. The fourth-order valence-corrected chi connectivity index (χ4v) is 6.52. The van der Waals surface area contributed by atoms with E-state index in [4.69, 9.17) is 21.1 Å². The number of amidine groups is 1. The summed E-state index contributed by atoms with van der Waals surface area (Å²) in [5.41, 5.74) is 6.01. The summed E-state index contributed by atoms with van der Waals surface area (Å²) in [6, 6.07) is 11.1. The van der Waals surface area contributed by atoms with Crippen molar-refractivity contribution in [3.05, 3.63) is 78.3 Å². The summed E-state index contributed by atoms with van der Waals surface area (Å²) >= 11 is 6.59. The van der Waals surface area contributed by atoms with Crippen molar-refractivity contribution < 1.29 is 18.8 Å². The first-order valence-electron chi connectivity index (χ1n) is 15.5.